The standard InChI is InChI=1S/C22H33N5O4/c1-21(2,3)27-18(23-20(28)16-10-13(12-29-7)24-26(16)6)11-15(25-27)14-8-9-17-19(14)31-22(4,5)30-17/h10-11,14,17,19H,8-9,12H2,1-7H3,(H,23,28)/t14-,17-,19+/m0/s1. The highest BCUT2D eigenvalue weighted by atomic mass is 16.8. The van der Waals surface area contributed by atoms with Crippen molar-refractivity contribution in [3.05, 3.63) is 29.2 Å². The molecule has 1 N–H and O–H groups in total. The van der Waals surface area contributed by atoms with Crippen LogP contribution in [0.5, 0.6) is 0 Å². The molecule has 0 bridgehead atoms. The molecule has 1 amide bonds. The van der Waals surface area contributed by atoms with Crippen molar-refractivity contribution < 1.29 is 19.0 Å². The van der Waals surface area contributed by atoms with Crippen LogP contribution in [0.2, 0.25) is 0 Å². The molecular weight excluding hydrogens is 398 g/mol. The summed E-state index contributed by atoms with van der Waals surface area (Å²) >= 11 is 0. The number of hydrogen-bond donors (Lipinski definition) is 1. The molecule has 3 atom stereocenters. The molecule has 170 valence electrons. The maximum atomic E-state index is 13.0. The zero-order valence-corrected chi connectivity index (χ0v) is 19.4. The second kappa shape index (κ2) is 7.72. The van der Waals surface area contributed by atoms with E-state index < -0.39 is 5.79 Å². The van der Waals surface area contributed by atoms with Crippen LogP contribution in [0.4, 0.5) is 5.82 Å². The zero-order valence-electron chi connectivity index (χ0n) is 19.4. The first-order valence-corrected chi connectivity index (χ1v) is 10.8. The predicted molar refractivity (Wildman–Crippen MR) is 115 cm³/mol. The van der Waals surface area contributed by atoms with Crippen LogP contribution in [0.3, 0.4) is 0 Å². The van der Waals surface area contributed by atoms with Crippen molar-refractivity contribution in [1.82, 2.24) is 19.6 Å². The Bertz CT molecular complexity index is 971. The number of amides is 1. The maximum Gasteiger partial charge on any atom is 0.275 e. The molecule has 0 unspecified atom stereocenters. The van der Waals surface area contributed by atoms with E-state index in [1.165, 1.54) is 0 Å². The summed E-state index contributed by atoms with van der Waals surface area (Å²) < 4.78 is 20.8. The van der Waals surface area contributed by atoms with E-state index in [-0.39, 0.29) is 29.6 Å². The summed E-state index contributed by atoms with van der Waals surface area (Å²) in [5, 5.41) is 12.3. The normalized spacial score (nSPS) is 25.1. The number of hydrogen-bond acceptors (Lipinski definition) is 6. The lowest BCUT2D eigenvalue weighted by Gasteiger charge is -2.23. The molecule has 2 aliphatic rings. The lowest BCUT2D eigenvalue weighted by Crippen LogP contribution is -2.28. The van der Waals surface area contributed by atoms with Gasteiger partial charge >= 0.3 is 0 Å². The second-order valence-electron chi connectivity index (χ2n) is 9.89. The Balaban J connectivity index is 1.61. The van der Waals surface area contributed by atoms with Crippen molar-refractivity contribution >= 4 is 11.7 Å². The Kier molecular flexibility index (Phi) is 5.47. The van der Waals surface area contributed by atoms with Crippen molar-refractivity contribution in [2.24, 2.45) is 7.05 Å². The van der Waals surface area contributed by atoms with Gasteiger partial charge in [0, 0.05) is 26.1 Å². The van der Waals surface area contributed by atoms with Crippen LogP contribution in [-0.2, 0) is 33.4 Å². The summed E-state index contributed by atoms with van der Waals surface area (Å²) in [5.41, 5.74) is 1.78. The first kappa shape index (κ1) is 22.0. The quantitative estimate of drug-likeness (QED) is 0.782. The van der Waals surface area contributed by atoms with Crippen LogP contribution in [0.15, 0.2) is 12.1 Å². The topological polar surface area (TPSA) is 92.4 Å². The predicted octanol–water partition coefficient (Wildman–Crippen LogP) is 3.17. The molecule has 1 saturated heterocycles. The molecule has 9 heteroatoms. The van der Waals surface area contributed by atoms with Crippen LogP contribution in [0.1, 0.15) is 75.3 Å². The maximum absolute atomic E-state index is 13.0. The number of ether oxygens (including phenoxy) is 3. The second-order valence-corrected chi connectivity index (χ2v) is 9.89. The monoisotopic (exact) mass is 431 g/mol. The third-order valence-electron chi connectivity index (χ3n) is 5.82. The number of aromatic nitrogens is 4. The van der Waals surface area contributed by atoms with Gasteiger partial charge in [0.1, 0.15) is 11.5 Å². The van der Waals surface area contributed by atoms with Crippen molar-refractivity contribution in [1.29, 1.82) is 0 Å². The van der Waals surface area contributed by atoms with Gasteiger partial charge in [-0.15, -0.1) is 0 Å². The number of nitrogens with one attached hydrogen (secondary N) is 1. The van der Waals surface area contributed by atoms with E-state index in [1.807, 2.05) is 24.6 Å². The average molecular weight is 432 g/mol. The van der Waals surface area contributed by atoms with Gasteiger partial charge in [0.25, 0.3) is 5.91 Å². The van der Waals surface area contributed by atoms with Crippen molar-refractivity contribution in [2.45, 2.75) is 83.5 Å². The minimum absolute atomic E-state index is 0.0180. The number of aryl methyl sites for hydroxylation is 1. The van der Waals surface area contributed by atoms with E-state index in [0.717, 1.165) is 18.5 Å². The van der Waals surface area contributed by atoms with Crippen LogP contribution in [0, 0.1) is 0 Å². The van der Waals surface area contributed by atoms with Gasteiger partial charge in [0.2, 0.25) is 0 Å². The van der Waals surface area contributed by atoms with Crippen molar-refractivity contribution in [3.8, 4) is 0 Å². The molecule has 2 fully saturated rings. The van der Waals surface area contributed by atoms with Gasteiger partial charge in [0.15, 0.2) is 5.79 Å². The van der Waals surface area contributed by atoms with Gasteiger partial charge < -0.3 is 19.5 Å². The van der Waals surface area contributed by atoms with Crippen LogP contribution < -0.4 is 5.32 Å². The van der Waals surface area contributed by atoms with Crippen molar-refractivity contribution in [3.63, 3.8) is 0 Å². The van der Waals surface area contributed by atoms with E-state index in [1.54, 1.807) is 24.9 Å². The summed E-state index contributed by atoms with van der Waals surface area (Å²) in [6.45, 7) is 10.5. The largest absolute Gasteiger partial charge is 0.378 e. The van der Waals surface area contributed by atoms with Crippen LogP contribution >= 0.6 is 0 Å². The van der Waals surface area contributed by atoms with Gasteiger partial charge in [-0.2, -0.15) is 10.2 Å². The molecule has 9 nitrogen and oxygen atoms in total. The van der Waals surface area contributed by atoms with Gasteiger partial charge in [0.05, 0.1) is 35.7 Å². The Hall–Kier alpha value is -2.23. The smallest absolute Gasteiger partial charge is 0.275 e. The fraction of sp³-hybridized carbons (Fsp3) is 0.682. The molecule has 4 rings (SSSR count). The average Bonchev–Trinajstić information content (AvgIpc) is 3.37. The molecule has 1 aliphatic carbocycles. The number of rotatable bonds is 5. The molecule has 1 aliphatic heterocycles. The van der Waals surface area contributed by atoms with Crippen molar-refractivity contribution in [2.75, 3.05) is 12.4 Å². The summed E-state index contributed by atoms with van der Waals surface area (Å²) in [5.74, 6) is -0.0169. The number of fused-ring (bicyclic) bond motifs is 1. The van der Waals surface area contributed by atoms with E-state index in [9.17, 15) is 4.79 Å². The van der Waals surface area contributed by atoms with E-state index in [2.05, 4.69) is 31.2 Å². The third kappa shape index (κ3) is 4.26. The lowest BCUT2D eigenvalue weighted by atomic mass is 10.0. The number of nitrogens with zero attached hydrogens (tertiary/aromatic N) is 4. The fourth-order valence-electron chi connectivity index (χ4n) is 4.57. The first-order valence-electron chi connectivity index (χ1n) is 10.8. The van der Waals surface area contributed by atoms with E-state index >= 15 is 0 Å². The summed E-state index contributed by atoms with van der Waals surface area (Å²) in [6.07, 6.45) is 1.96. The molecule has 3 heterocycles. The minimum Gasteiger partial charge on any atom is -0.378 e. The molecule has 31 heavy (non-hydrogen) atoms. The summed E-state index contributed by atoms with van der Waals surface area (Å²) in [6, 6.07) is 3.71. The van der Waals surface area contributed by atoms with Crippen LogP contribution in [0.25, 0.3) is 0 Å². The highest BCUT2D eigenvalue weighted by Crippen LogP contribution is 2.46. The molecule has 0 radical (unpaired) electrons. The van der Waals surface area contributed by atoms with Crippen LogP contribution in [-0.4, -0.2) is 50.6 Å². The molecule has 1 saturated carbocycles. The molecule has 2 aromatic heterocycles. The number of methoxy groups -OCH3 is 1. The zero-order chi connectivity index (χ0) is 22.6. The number of anilines is 1. The molecule has 0 spiro atoms. The van der Waals surface area contributed by atoms with E-state index in [4.69, 9.17) is 19.3 Å². The number of carbonyl (C=O) groups is 1. The Morgan fingerprint density at radius 1 is 1.26 bits per heavy atom. The Morgan fingerprint density at radius 2 is 2.00 bits per heavy atom. The minimum atomic E-state index is -0.572. The lowest BCUT2D eigenvalue weighted by molar-refractivity contribution is -0.153. The molecular formula is C22H33N5O4. The van der Waals surface area contributed by atoms with Gasteiger partial charge in [-0.3, -0.25) is 9.48 Å². The molecule has 2 aromatic rings. The molecule has 0 aromatic carbocycles. The van der Waals surface area contributed by atoms with E-state index in [0.29, 0.717) is 23.8 Å². The number of carbonyl (C=O) groups excluding carboxylic acids is 1. The fourth-order valence-corrected chi connectivity index (χ4v) is 4.57. The van der Waals surface area contributed by atoms with Gasteiger partial charge in [-0.1, -0.05) is 0 Å². The first-order chi connectivity index (χ1) is 14.5. The Morgan fingerprint density at radius 3 is 2.68 bits per heavy atom. The highest BCUT2D eigenvalue weighted by molar-refractivity contribution is 6.02. The SMILES string of the molecule is COCc1cc(C(=O)Nc2cc([C@@H]3CC[C@@H]4OC(C)(C)O[C@@H]43)nn2C(C)(C)C)n(C)n1. The summed E-state index contributed by atoms with van der Waals surface area (Å²) in [7, 11) is 3.35. The highest BCUT2D eigenvalue weighted by Gasteiger charge is 2.50. The Labute approximate surface area is 183 Å². The van der Waals surface area contributed by atoms with Gasteiger partial charge in [-0.25, -0.2) is 4.68 Å². The third-order valence-corrected chi connectivity index (χ3v) is 5.82. The summed E-state index contributed by atoms with van der Waals surface area (Å²) in [4.78, 5) is 13.0. The van der Waals surface area contributed by atoms with Gasteiger partial charge in [-0.05, 0) is 53.5 Å².